The number of rotatable bonds is 2. The molecule has 1 atom stereocenters. The molecule has 2 heterocycles. The molecule has 1 aromatic heterocycles. The fraction of sp³-hybridized carbons (Fsp3) is 0.438. The Morgan fingerprint density at radius 1 is 1.43 bits per heavy atom. The molecular formula is C16H21N3O2. The van der Waals surface area contributed by atoms with Crippen LogP contribution in [-0.4, -0.2) is 43.3 Å². The third-order valence-electron chi connectivity index (χ3n) is 4.11. The number of fused-ring (bicyclic) bond motifs is 1. The number of piperazine rings is 1. The molecule has 0 spiro atoms. The molecule has 1 aliphatic rings. The van der Waals surface area contributed by atoms with Gasteiger partial charge in [-0.2, -0.15) is 0 Å². The Morgan fingerprint density at radius 3 is 2.95 bits per heavy atom. The number of methoxy groups -OCH3 is 1. The van der Waals surface area contributed by atoms with Crippen LogP contribution >= 0.6 is 0 Å². The molecule has 1 saturated heterocycles. The predicted octanol–water partition coefficient (Wildman–Crippen LogP) is 1.76. The topological polar surface area (TPSA) is 46.5 Å². The number of aromatic nitrogens is 1. The molecule has 0 amide bonds. The Bertz CT molecular complexity index is 677. The molecule has 0 bridgehead atoms. The second-order valence-corrected chi connectivity index (χ2v) is 5.65. The van der Waals surface area contributed by atoms with Crippen molar-refractivity contribution in [2.45, 2.75) is 13.0 Å². The van der Waals surface area contributed by atoms with Gasteiger partial charge in [0, 0.05) is 50.0 Å². The van der Waals surface area contributed by atoms with Crippen LogP contribution < -0.4 is 10.2 Å². The second-order valence-electron chi connectivity index (χ2n) is 5.65. The summed E-state index contributed by atoms with van der Waals surface area (Å²) in [4.78, 5) is 14.2. The molecule has 5 heteroatoms. The zero-order valence-electron chi connectivity index (χ0n) is 12.7. The molecule has 21 heavy (non-hydrogen) atoms. The lowest BCUT2D eigenvalue weighted by Gasteiger charge is -2.33. The van der Waals surface area contributed by atoms with Crippen LogP contribution in [0.4, 0.5) is 5.69 Å². The molecule has 1 N–H and O–H groups in total. The van der Waals surface area contributed by atoms with Gasteiger partial charge in [0.25, 0.3) is 0 Å². The number of carbonyl (C=O) groups is 1. The van der Waals surface area contributed by atoms with Crippen molar-refractivity contribution in [2.75, 3.05) is 31.6 Å². The van der Waals surface area contributed by atoms with Gasteiger partial charge in [-0.1, -0.05) is 0 Å². The standard InChI is InChI=1S/C16H21N3O2/c1-11-9-19(7-6-17-11)12-4-5-13-14(16(20)21-3)10-18(2)15(13)8-12/h4-5,8,10-11,17H,6-7,9H2,1-3H3/t11-/m0/s1. The quantitative estimate of drug-likeness (QED) is 0.855. The molecule has 2 aromatic rings. The van der Waals surface area contributed by atoms with Crippen LogP contribution in [0.25, 0.3) is 10.9 Å². The summed E-state index contributed by atoms with van der Waals surface area (Å²) in [6.45, 7) is 5.20. The summed E-state index contributed by atoms with van der Waals surface area (Å²) >= 11 is 0. The molecule has 5 nitrogen and oxygen atoms in total. The summed E-state index contributed by atoms with van der Waals surface area (Å²) in [7, 11) is 3.37. The third kappa shape index (κ3) is 2.49. The first-order valence-electron chi connectivity index (χ1n) is 7.26. The van der Waals surface area contributed by atoms with E-state index in [2.05, 4.69) is 29.3 Å². The summed E-state index contributed by atoms with van der Waals surface area (Å²) in [5.41, 5.74) is 2.88. The van der Waals surface area contributed by atoms with E-state index >= 15 is 0 Å². The highest BCUT2D eigenvalue weighted by atomic mass is 16.5. The number of carbonyl (C=O) groups excluding carboxylic acids is 1. The lowest BCUT2D eigenvalue weighted by Crippen LogP contribution is -2.49. The first kappa shape index (κ1) is 13.9. The minimum atomic E-state index is -0.288. The van der Waals surface area contributed by atoms with Gasteiger partial charge in [0.1, 0.15) is 0 Å². The number of hydrogen-bond donors (Lipinski definition) is 1. The molecule has 1 aliphatic heterocycles. The van der Waals surface area contributed by atoms with Gasteiger partial charge in [0.05, 0.1) is 18.2 Å². The Hall–Kier alpha value is -2.01. The van der Waals surface area contributed by atoms with Gasteiger partial charge < -0.3 is 19.5 Å². The predicted molar refractivity (Wildman–Crippen MR) is 83.9 cm³/mol. The maximum Gasteiger partial charge on any atom is 0.340 e. The van der Waals surface area contributed by atoms with Gasteiger partial charge in [0.2, 0.25) is 0 Å². The number of nitrogens with one attached hydrogen (secondary N) is 1. The summed E-state index contributed by atoms with van der Waals surface area (Å²) in [6, 6.07) is 6.75. The van der Waals surface area contributed by atoms with Crippen molar-refractivity contribution < 1.29 is 9.53 Å². The molecule has 0 aliphatic carbocycles. The molecule has 0 radical (unpaired) electrons. The van der Waals surface area contributed by atoms with Crippen LogP contribution in [0.5, 0.6) is 0 Å². The van der Waals surface area contributed by atoms with E-state index in [1.807, 2.05) is 23.9 Å². The number of hydrogen-bond acceptors (Lipinski definition) is 4. The Balaban J connectivity index is 2.00. The molecule has 0 saturated carbocycles. The van der Waals surface area contributed by atoms with E-state index in [1.165, 1.54) is 12.8 Å². The van der Waals surface area contributed by atoms with Gasteiger partial charge in [-0.3, -0.25) is 0 Å². The highest BCUT2D eigenvalue weighted by Gasteiger charge is 2.18. The highest BCUT2D eigenvalue weighted by Crippen LogP contribution is 2.27. The third-order valence-corrected chi connectivity index (χ3v) is 4.11. The molecule has 0 unspecified atom stereocenters. The molecule has 112 valence electrons. The number of esters is 1. The largest absolute Gasteiger partial charge is 0.465 e. The maximum absolute atomic E-state index is 11.8. The van der Waals surface area contributed by atoms with Gasteiger partial charge in [0.15, 0.2) is 0 Å². The van der Waals surface area contributed by atoms with Crippen molar-refractivity contribution in [2.24, 2.45) is 7.05 Å². The summed E-state index contributed by atoms with van der Waals surface area (Å²) in [6.07, 6.45) is 1.83. The van der Waals surface area contributed by atoms with Gasteiger partial charge in [-0.05, 0) is 25.1 Å². The van der Waals surface area contributed by atoms with Gasteiger partial charge in [-0.15, -0.1) is 0 Å². The van der Waals surface area contributed by atoms with Crippen LogP contribution in [0.2, 0.25) is 0 Å². The van der Waals surface area contributed by atoms with Crippen molar-refractivity contribution >= 4 is 22.6 Å². The average molecular weight is 287 g/mol. The summed E-state index contributed by atoms with van der Waals surface area (Å²) in [5.74, 6) is -0.288. The van der Waals surface area contributed by atoms with E-state index < -0.39 is 0 Å². The molecule has 1 fully saturated rings. The Kier molecular flexibility index (Phi) is 3.59. The minimum Gasteiger partial charge on any atom is -0.465 e. The molecule has 1 aromatic carbocycles. The van der Waals surface area contributed by atoms with Crippen molar-refractivity contribution in [3.05, 3.63) is 30.0 Å². The van der Waals surface area contributed by atoms with E-state index in [4.69, 9.17) is 4.74 Å². The van der Waals surface area contributed by atoms with E-state index in [0.717, 1.165) is 30.5 Å². The molecule has 3 rings (SSSR count). The highest BCUT2D eigenvalue weighted by molar-refractivity contribution is 6.05. The first-order chi connectivity index (χ1) is 10.1. The zero-order valence-corrected chi connectivity index (χ0v) is 12.7. The number of anilines is 1. The lowest BCUT2D eigenvalue weighted by atomic mass is 10.1. The van der Waals surface area contributed by atoms with Crippen molar-refractivity contribution in [1.29, 1.82) is 0 Å². The number of aryl methyl sites for hydroxylation is 1. The van der Waals surface area contributed by atoms with Crippen molar-refractivity contribution in [1.82, 2.24) is 9.88 Å². The minimum absolute atomic E-state index is 0.288. The van der Waals surface area contributed by atoms with Gasteiger partial charge >= 0.3 is 5.97 Å². The smallest absolute Gasteiger partial charge is 0.340 e. The normalized spacial score (nSPS) is 19.0. The van der Waals surface area contributed by atoms with Crippen LogP contribution in [0, 0.1) is 0 Å². The number of ether oxygens (including phenoxy) is 1. The van der Waals surface area contributed by atoms with Crippen LogP contribution in [0.3, 0.4) is 0 Å². The van der Waals surface area contributed by atoms with Crippen LogP contribution in [-0.2, 0) is 11.8 Å². The second kappa shape index (κ2) is 5.41. The lowest BCUT2D eigenvalue weighted by molar-refractivity contribution is 0.0603. The summed E-state index contributed by atoms with van der Waals surface area (Å²) in [5, 5.41) is 4.39. The number of nitrogens with zero attached hydrogens (tertiary/aromatic N) is 2. The monoisotopic (exact) mass is 287 g/mol. The van der Waals surface area contributed by atoms with E-state index in [9.17, 15) is 4.79 Å². The van der Waals surface area contributed by atoms with Gasteiger partial charge in [-0.25, -0.2) is 4.79 Å². The SMILES string of the molecule is COC(=O)c1cn(C)c2cc(N3CCN[C@@H](C)C3)ccc12. The van der Waals surface area contributed by atoms with E-state index in [1.54, 1.807) is 0 Å². The average Bonchev–Trinajstić information content (AvgIpc) is 2.83. The summed E-state index contributed by atoms with van der Waals surface area (Å²) < 4.78 is 6.83. The Morgan fingerprint density at radius 2 is 2.24 bits per heavy atom. The Labute approximate surface area is 124 Å². The van der Waals surface area contributed by atoms with E-state index in [0.29, 0.717) is 11.6 Å². The first-order valence-corrected chi connectivity index (χ1v) is 7.26. The van der Waals surface area contributed by atoms with Crippen molar-refractivity contribution in [3.8, 4) is 0 Å². The van der Waals surface area contributed by atoms with Crippen LogP contribution in [0.15, 0.2) is 24.4 Å². The van der Waals surface area contributed by atoms with Crippen LogP contribution in [0.1, 0.15) is 17.3 Å². The zero-order chi connectivity index (χ0) is 15.0. The molecular weight excluding hydrogens is 266 g/mol. The number of benzene rings is 1. The fourth-order valence-electron chi connectivity index (χ4n) is 3.01. The van der Waals surface area contributed by atoms with E-state index in [-0.39, 0.29) is 5.97 Å². The maximum atomic E-state index is 11.8. The van der Waals surface area contributed by atoms with Crippen molar-refractivity contribution in [3.63, 3.8) is 0 Å². The fourth-order valence-corrected chi connectivity index (χ4v) is 3.01.